The van der Waals surface area contributed by atoms with E-state index in [-0.39, 0.29) is 11.5 Å². The van der Waals surface area contributed by atoms with E-state index in [9.17, 15) is 13.5 Å². The molecule has 0 fully saturated rings. The average molecular weight is 371 g/mol. The Balaban J connectivity index is 2.04. The Labute approximate surface area is 132 Å². The summed E-state index contributed by atoms with van der Waals surface area (Å²) in [6.07, 6.45) is -1.00. The third-order valence-electron chi connectivity index (χ3n) is 2.95. The molecular formula is C15H15BrO4S. The molecule has 0 amide bonds. The van der Waals surface area contributed by atoms with Crippen LogP contribution in [0.1, 0.15) is 17.2 Å². The summed E-state index contributed by atoms with van der Waals surface area (Å²) in [7, 11) is -3.86. The maximum absolute atomic E-state index is 12.0. The maximum Gasteiger partial charge on any atom is 0.297 e. The lowest BCUT2D eigenvalue weighted by molar-refractivity contribution is 0.111. The van der Waals surface area contributed by atoms with Crippen molar-refractivity contribution in [3.8, 4) is 0 Å². The second-order valence-corrected chi connectivity index (χ2v) is 7.15. The van der Waals surface area contributed by atoms with Gasteiger partial charge in [0.2, 0.25) is 0 Å². The van der Waals surface area contributed by atoms with Crippen LogP contribution >= 0.6 is 15.9 Å². The highest BCUT2D eigenvalue weighted by Crippen LogP contribution is 2.19. The van der Waals surface area contributed by atoms with Crippen LogP contribution in [-0.4, -0.2) is 20.1 Å². The van der Waals surface area contributed by atoms with Crippen molar-refractivity contribution < 1.29 is 17.7 Å². The average Bonchev–Trinajstić information content (AvgIpc) is 2.46. The standard InChI is InChI=1S/C15H15BrO4S/c1-11-2-8-14(9-3-11)21(18,19)20-10-15(17)12-4-6-13(16)7-5-12/h2-9,15,17H,10H2,1H3/t15-/m1/s1. The molecule has 2 aromatic carbocycles. The molecule has 1 N–H and O–H groups in total. The van der Waals surface area contributed by atoms with Crippen molar-refractivity contribution in [1.29, 1.82) is 0 Å². The first-order chi connectivity index (χ1) is 9.88. The Bertz CT molecular complexity index is 693. The lowest BCUT2D eigenvalue weighted by Crippen LogP contribution is -2.13. The molecule has 0 unspecified atom stereocenters. The number of aliphatic hydroxyl groups excluding tert-OH is 1. The summed E-state index contributed by atoms with van der Waals surface area (Å²) in [4.78, 5) is 0.0797. The first-order valence-corrected chi connectivity index (χ1v) is 8.48. The molecular weight excluding hydrogens is 356 g/mol. The van der Waals surface area contributed by atoms with E-state index in [2.05, 4.69) is 15.9 Å². The Morgan fingerprint density at radius 3 is 2.24 bits per heavy atom. The fourth-order valence-corrected chi connectivity index (χ4v) is 2.89. The number of aliphatic hydroxyl groups is 1. The Morgan fingerprint density at radius 1 is 1.10 bits per heavy atom. The van der Waals surface area contributed by atoms with Gasteiger partial charge in [-0.05, 0) is 36.8 Å². The third kappa shape index (κ3) is 4.38. The summed E-state index contributed by atoms with van der Waals surface area (Å²) in [6, 6.07) is 13.3. The van der Waals surface area contributed by atoms with E-state index in [1.807, 2.05) is 6.92 Å². The molecule has 4 nitrogen and oxygen atoms in total. The molecule has 2 rings (SSSR count). The van der Waals surface area contributed by atoms with Crippen molar-refractivity contribution in [2.75, 3.05) is 6.61 Å². The fraction of sp³-hybridized carbons (Fsp3) is 0.200. The van der Waals surface area contributed by atoms with E-state index in [1.54, 1.807) is 36.4 Å². The second kappa shape index (κ2) is 6.70. The lowest BCUT2D eigenvalue weighted by Gasteiger charge is -2.12. The Morgan fingerprint density at radius 2 is 1.67 bits per heavy atom. The minimum absolute atomic E-state index is 0.0797. The topological polar surface area (TPSA) is 63.6 Å². The molecule has 6 heteroatoms. The highest BCUT2D eigenvalue weighted by atomic mass is 79.9. The fourth-order valence-electron chi connectivity index (χ4n) is 1.71. The second-order valence-electron chi connectivity index (χ2n) is 4.62. The van der Waals surface area contributed by atoms with Crippen LogP contribution in [0.3, 0.4) is 0 Å². The van der Waals surface area contributed by atoms with Crippen molar-refractivity contribution >= 4 is 26.0 Å². The predicted molar refractivity (Wildman–Crippen MR) is 83.4 cm³/mol. The van der Waals surface area contributed by atoms with Crippen LogP contribution in [0.15, 0.2) is 57.9 Å². The molecule has 0 heterocycles. The monoisotopic (exact) mass is 370 g/mol. The summed E-state index contributed by atoms with van der Waals surface area (Å²) in [6.45, 7) is 1.55. The van der Waals surface area contributed by atoms with Gasteiger partial charge in [0.15, 0.2) is 0 Å². The summed E-state index contributed by atoms with van der Waals surface area (Å²) in [5, 5.41) is 9.96. The number of halogens is 1. The van der Waals surface area contributed by atoms with E-state index in [1.165, 1.54) is 12.1 Å². The molecule has 1 atom stereocenters. The largest absolute Gasteiger partial charge is 0.386 e. The minimum atomic E-state index is -3.86. The minimum Gasteiger partial charge on any atom is -0.386 e. The third-order valence-corrected chi connectivity index (χ3v) is 4.77. The zero-order chi connectivity index (χ0) is 15.5. The van der Waals surface area contributed by atoms with Crippen molar-refractivity contribution in [2.45, 2.75) is 17.9 Å². The molecule has 0 bridgehead atoms. The molecule has 0 aliphatic carbocycles. The van der Waals surface area contributed by atoms with E-state index in [0.29, 0.717) is 5.56 Å². The summed E-state index contributed by atoms with van der Waals surface area (Å²) in [5.41, 5.74) is 1.56. The SMILES string of the molecule is Cc1ccc(S(=O)(=O)OC[C@@H](O)c2ccc(Br)cc2)cc1. The molecule has 0 spiro atoms. The van der Waals surface area contributed by atoms with E-state index < -0.39 is 16.2 Å². The summed E-state index contributed by atoms with van der Waals surface area (Å²) >= 11 is 3.29. The predicted octanol–water partition coefficient (Wildman–Crippen LogP) is 3.20. The van der Waals surface area contributed by atoms with E-state index in [4.69, 9.17) is 4.18 Å². The smallest absolute Gasteiger partial charge is 0.297 e. The molecule has 0 aromatic heterocycles. The van der Waals surface area contributed by atoms with Crippen LogP contribution in [0.2, 0.25) is 0 Å². The van der Waals surface area contributed by atoms with Crippen molar-refractivity contribution in [1.82, 2.24) is 0 Å². The van der Waals surface area contributed by atoms with Crippen molar-refractivity contribution in [2.24, 2.45) is 0 Å². The van der Waals surface area contributed by atoms with Crippen LogP contribution < -0.4 is 0 Å². The quantitative estimate of drug-likeness (QED) is 0.820. The highest BCUT2D eigenvalue weighted by molar-refractivity contribution is 9.10. The van der Waals surface area contributed by atoms with Gasteiger partial charge >= 0.3 is 0 Å². The van der Waals surface area contributed by atoms with Gasteiger partial charge in [-0.3, -0.25) is 4.18 Å². The Kier molecular flexibility index (Phi) is 5.16. The molecule has 21 heavy (non-hydrogen) atoms. The highest BCUT2D eigenvalue weighted by Gasteiger charge is 2.18. The van der Waals surface area contributed by atoms with Crippen LogP contribution in [0.4, 0.5) is 0 Å². The van der Waals surface area contributed by atoms with Gasteiger partial charge in [0.05, 0.1) is 11.5 Å². The van der Waals surface area contributed by atoms with Gasteiger partial charge in [-0.2, -0.15) is 8.42 Å². The van der Waals surface area contributed by atoms with Gasteiger partial charge in [-0.25, -0.2) is 0 Å². The van der Waals surface area contributed by atoms with E-state index in [0.717, 1.165) is 10.0 Å². The molecule has 0 aliphatic rings. The molecule has 0 saturated heterocycles. The first-order valence-electron chi connectivity index (χ1n) is 6.28. The van der Waals surface area contributed by atoms with Gasteiger partial charge in [0.1, 0.15) is 6.10 Å². The van der Waals surface area contributed by atoms with Gasteiger partial charge in [0, 0.05) is 4.47 Å². The van der Waals surface area contributed by atoms with Gasteiger partial charge in [-0.15, -0.1) is 0 Å². The maximum atomic E-state index is 12.0. The van der Waals surface area contributed by atoms with Crippen LogP contribution in [0, 0.1) is 6.92 Å². The number of hydrogen-bond donors (Lipinski definition) is 1. The molecule has 0 saturated carbocycles. The summed E-state index contributed by atoms with van der Waals surface area (Å²) in [5.74, 6) is 0. The Hall–Kier alpha value is -1.21. The van der Waals surface area contributed by atoms with Crippen molar-refractivity contribution in [3.63, 3.8) is 0 Å². The van der Waals surface area contributed by atoms with Gasteiger partial charge in [-0.1, -0.05) is 45.8 Å². The number of benzene rings is 2. The number of rotatable bonds is 5. The molecule has 2 aromatic rings. The van der Waals surface area contributed by atoms with Gasteiger partial charge in [0.25, 0.3) is 10.1 Å². The zero-order valence-corrected chi connectivity index (χ0v) is 13.8. The van der Waals surface area contributed by atoms with Crippen LogP contribution in [0.5, 0.6) is 0 Å². The molecule has 0 radical (unpaired) electrons. The van der Waals surface area contributed by atoms with Crippen LogP contribution in [-0.2, 0) is 14.3 Å². The van der Waals surface area contributed by atoms with E-state index >= 15 is 0 Å². The zero-order valence-electron chi connectivity index (χ0n) is 11.4. The number of hydrogen-bond acceptors (Lipinski definition) is 4. The molecule has 112 valence electrons. The van der Waals surface area contributed by atoms with Crippen LogP contribution in [0.25, 0.3) is 0 Å². The normalized spacial score (nSPS) is 13.1. The van der Waals surface area contributed by atoms with Crippen molar-refractivity contribution in [3.05, 3.63) is 64.1 Å². The first kappa shape index (κ1) is 16.2. The number of aryl methyl sites for hydroxylation is 1. The lowest BCUT2D eigenvalue weighted by atomic mass is 10.1. The van der Waals surface area contributed by atoms with Gasteiger partial charge < -0.3 is 5.11 Å². The summed E-state index contributed by atoms with van der Waals surface area (Å²) < 4.78 is 29.8. The molecule has 0 aliphatic heterocycles.